The molecule has 1 aromatic rings. The number of rotatable bonds is 5. The van der Waals surface area contributed by atoms with Crippen molar-refractivity contribution in [2.24, 2.45) is 11.8 Å². The number of ether oxygens (including phenoxy) is 1. The lowest BCUT2D eigenvalue weighted by Crippen LogP contribution is -2.31. The predicted octanol–water partition coefficient (Wildman–Crippen LogP) is 2.83. The lowest BCUT2D eigenvalue weighted by Gasteiger charge is -2.24. The van der Waals surface area contributed by atoms with Gasteiger partial charge in [-0.2, -0.15) is 0 Å². The number of hydrogen-bond donors (Lipinski definition) is 1. The van der Waals surface area contributed by atoms with Crippen LogP contribution in [0.4, 0.5) is 4.79 Å². The van der Waals surface area contributed by atoms with E-state index in [-0.39, 0.29) is 12.0 Å². The fourth-order valence-electron chi connectivity index (χ4n) is 2.49. The van der Waals surface area contributed by atoms with Gasteiger partial charge in [0.15, 0.2) is 0 Å². The summed E-state index contributed by atoms with van der Waals surface area (Å²) in [6, 6.07) is 9.60. The minimum atomic E-state index is -0.377. The number of carbonyl (C=O) groups excluding carboxylic acids is 2. The number of carbonyl (C=O) groups is 1. The van der Waals surface area contributed by atoms with E-state index in [4.69, 9.17) is 4.74 Å². The Morgan fingerprint density at radius 1 is 1.20 bits per heavy atom. The summed E-state index contributed by atoms with van der Waals surface area (Å²) < 4.78 is 5.15. The average Bonchev–Trinajstić information content (AvgIpc) is 2.52. The molecule has 0 unspecified atom stereocenters. The van der Waals surface area contributed by atoms with E-state index < -0.39 is 0 Å². The van der Waals surface area contributed by atoms with Crippen LogP contribution in [-0.2, 0) is 16.1 Å². The van der Waals surface area contributed by atoms with Gasteiger partial charge in [-0.15, -0.1) is 0 Å². The Balaban J connectivity index is 1.62. The van der Waals surface area contributed by atoms with E-state index in [1.165, 1.54) is 0 Å². The Morgan fingerprint density at radius 3 is 2.55 bits per heavy atom. The van der Waals surface area contributed by atoms with Crippen molar-refractivity contribution in [2.75, 3.05) is 6.54 Å². The molecule has 0 aromatic heterocycles. The minimum absolute atomic E-state index is 0.0938. The van der Waals surface area contributed by atoms with Crippen LogP contribution in [0.1, 0.15) is 31.2 Å². The number of amides is 1. The standard InChI is InChI=1S/C16H20NO3/c18-11-14-8-6-13(7-9-14)10-17-16(19)20-12-15-4-2-1-3-5-15/h1-5,13-14H,6-10,12H2,(H,17,19)/t13-,14-. The van der Waals surface area contributed by atoms with Gasteiger partial charge in [0.05, 0.1) is 0 Å². The molecule has 1 amide bonds. The van der Waals surface area contributed by atoms with Crippen LogP contribution in [0, 0.1) is 11.8 Å². The first-order chi connectivity index (χ1) is 9.78. The van der Waals surface area contributed by atoms with Crippen LogP contribution in [0.5, 0.6) is 0 Å². The third-order valence-electron chi connectivity index (χ3n) is 3.76. The zero-order valence-electron chi connectivity index (χ0n) is 11.5. The summed E-state index contributed by atoms with van der Waals surface area (Å²) in [4.78, 5) is 22.1. The highest BCUT2D eigenvalue weighted by Crippen LogP contribution is 2.26. The Hall–Kier alpha value is -1.84. The van der Waals surface area contributed by atoms with Crippen LogP contribution in [0.2, 0.25) is 0 Å². The van der Waals surface area contributed by atoms with Crippen molar-refractivity contribution in [1.29, 1.82) is 0 Å². The number of hydrogen-bond acceptors (Lipinski definition) is 3. The summed E-state index contributed by atoms with van der Waals surface area (Å²) in [5, 5.41) is 2.80. The molecule has 1 aliphatic carbocycles. The van der Waals surface area contributed by atoms with Gasteiger partial charge in [-0.1, -0.05) is 30.3 Å². The van der Waals surface area contributed by atoms with E-state index >= 15 is 0 Å². The van der Waals surface area contributed by atoms with Crippen molar-refractivity contribution in [3.63, 3.8) is 0 Å². The molecule has 1 radical (unpaired) electrons. The summed E-state index contributed by atoms with van der Waals surface area (Å²) in [6.45, 7) is 0.915. The van der Waals surface area contributed by atoms with E-state index in [0.29, 0.717) is 19.1 Å². The van der Waals surface area contributed by atoms with E-state index in [9.17, 15) is 9.59 Å². The highest BCUT2D eigenvalue weighted by molar-refractivity contribution is 5.67. The average molecular weight is 274 g/mol. The van der Waals surface area contributed by atoms with Gasteiger partial charge in [-0.3, -0.25) is 4.79 Å². The van der Waals surface area contributed by atoms with Gasteiger partial charge in [-0.05, 0) is 37.2 Å². The van der Waals surface area contributed by atoms with Gasteiger partial charge in [0, 0.05) is 12.5 Å². The molecule has 0 atom stereocenters. The SMILES string of the molecule is O=[C][C@H]1CC[C@H](CNC(=O)OCc2ccccc2)CC1. The molecule has 2 rings (SSSR count). The molecule has 0 bridgehead atoms. The molecule has 4 heteroatoms. The molecule has 1 saturated carbocycles. The Labute approximate surface area is 119 Å². The van der Waals surface area contributed by atoms with Crippen LogP contribution >= 0.6 is 0 Å². The maximum Gasteiger partial charge on any atom is 0.407 e. The van der Waals surface area contributed by atoms with Crippen LogP contribution in [0.15, 0.2) is 30.3 Å². The fourth-order valence-corrected chi connectivity index (χ4v) is 2.49. The van der Waals surface area contributed by atoms with Crippen molar-refractivity contribution in [1.82, 2.24) is 5.32 Å². The topological polar surface area (TPSA) is 55.4 Å². The van der Waals surface area contributed by atoms with Gasteiger partial charge >= 0.3 is 6.09 Å². The summed E-state index contributed by atoms with van der Waals surface area (Å²) in [5.41, 5.74) is 0.977. The normalized spacial score (nSPS) is 22.0. The monoisotopic (exact) mass is 274 g/mol. The van der Waals surface area contributed by atoms with Gasteiger partial charge in [0.2, 0.25) is 6.29 Å². The molecule has 20 heavy (non-hydrogen) atoms. The Kier molecular flexibility index (Phi) is 5.59. The summed E-state index contributed by atoms with van der Waals surface area (Å²) in [5.74, 6) is 0.542. The highest BCUT2D eigenvalue weighted by Gasteiger charge is 2.21. The zero-order chi connectivity index (χ0) is 14.2. The van der Waals surface area contributed by atoms with Crippen molar-refractivity contribution >= 4 is 12.4 Å². The smallest absolute Gasteiger partial charge is 0.407 e. The maximum absolute atomic E-state index is 11.6. The molecule has 0 heterocycles. The number of alkyl carbamates (subject to hydrolysis) is 1. The lowest BCUT2D eigenvalue weighted by molar-refractivity contribution is 0.136. The quantitative estimate of drug-likeness (QED) is 0.898. The first kappa shape index (κ1) is 14.6. The molecule has 0 aliphatic heterocycles. The number of benzene rings is 1. The molecule has 107 valence electrons. The Bertz CT molecular complexity index is 425. The highest BCUT2D eigenvalue weighted by atomic mass is 16.5. The molecule has 1 fully saturated rings. The second kappa shape index (κ2) is 7.68. The lowest BCUT2D eigenvalue weighted by atomic mass is 9.83. The first-order valence-electron chi connectivity index (χ1n) is 7.10. The fraction of sp³-hybridized carbons (Fsp3) is 0.500. The third-order valence-corrected chi connectivity index (χ3v) is 3.76. The maximum atomic E-state index is 11.6. The predicted molar refractivity (Wildman–Crippen MR) is 75.8 cm³/mol. The van der Waals surface area contributed by atoms with Crippen LogP contribution < -0.4 is 5.32 Å². The van der Waals surface area contributed by atoms with Crippen LogP contribution in [-0.4, -0.2) is 18.9 Å². The minimum Gasteiger partial charge on any atom is -0.445 e. The van der Waals surface area contributed by atoms with Gasteiger partial charge in [0.25, 0.3) is 0 Å². The van der Waals surface area contributed by atoms with E-state index in [1.807, 2.05) is 30.3 Å². The molecular weight excluding hydrogens is 254 g/mol. The zero-order valence-corrected chi connectivity index (χ0v) is 11.5. The second-order valence-electron chi connectivity index (χ2n) is 5.28. The molecule has 1 N–H and O–H groups in total. The van der Waals surface area contributed by atoms with Crippen LogP contribution in [0.3, 0.4) is 0 Å². The molecule has 4 nitrogen and oxygen atoms in total. The molecule has 0 saturated heterocycles. The van der Waals surface area contributed by atoms with Crippen molar-refractivity contribution in [2.45, 2.75) is 32.3 Å². The van der Waals surface area contributed by atoms with Gasteiger partial charge < -0.3 is 10.1 Å². The molecule has 1 aromatic carbocycles. The largest absolute Gasteiger partial charge is 0.445 e. The molecule has 1 aliphatic rings. The summed E-state index contributed by atoms with van der Waals surface area (Å²) in [6.07, 6.45) is 5.40. The van der Waals surface area contributed by atoms with E-state index in [2.05, 4.69) is 11.6 Å². The molecular formula is C16H20NO3. The van der Waals surface area contributed by atoms with Gasteiger partial charge in [0.1, 0.15) is 6.61 Å². The van der Waals surface area contributed by atoms with E-state index in [1.54, 1.807) is 0 Å². The molecule has 0 spiro atoms. The van der Waals surface area contributed by atoms with Crippen molar-refractivity contribution < 1.29 is 14.3 Å². The summed E-state index contributed by atoms with van der Waals surface area (Å²) >= 11 is 0. The summed E-state index contributed by atoms with van der Waals surface area (Å²) in [7, 11) is 0. The van der Waals surface area contributed by atoms with Gasteiger partial charge in [-0.25, -0.2) is 4.79 Å². The third kappa shape index (κ3) is 4.68. The second-order valence-corrected chi connectivity index (χ2v) is 5.28. The Morgan fingerprint density at radius 2 is 1.90 bits per heavy atom. The first-order valence-corrected chi connectivity index (χ1v) is 7.10. The van der Waals surface area contributed by atoms with Crippen LogP contribution in [0.25, 0.3) is 0 Å². The number of nitrogens with one attached hydrogen (secondary N) is 1. The van der Waals surface area contributed by atoms with E-state index in [0.717, 1.165) is 31.2 Å². The van der Waals surface area contributed by atoms with Crippen molar-refractivity contribution in [3.05, 3.63) is 35.9 Å². The van der Waals surface area contributed by atoms with Crippen molar-refractivity contribution in [3.8, 4) is 0 Å².